The van der Waals surface area contributed by atoms with Crippen molar-refractivity contribution in [2.24, 2.45) is 11.8 Å². The van der Waals surface area contributed by atoms with Crippen LogP contribution in [0, 0.1) is 11.8 Å². The van der Waals surface area contributed by atoms with Crippen molar-refractivity contribution in [1.29, 1.82) is 0 Å². The Kier molecular flexibility index (Phi) is 4.59. The number of amides is 1. The Labute approximate surface area is 130 Å². The van der Waals surface area contributed by atoms with Gasteiger partial charge in [0.25, 0.3) is 5.91 Å². The highest BCUT2D eigenvalue weighted by molar-refractivity contribution is 5.92. The average molecular weight is 305 g/mol. The van der Waals surface area contributed by atoms with Gasteiger partial charge >= 0.3 is 0 Å². The minimum atomic E-state index is -0.224. The van der Waals surface area contributed by atoms with E-state index in [0.29, 0.717) is 17.5 Å². The number of nitrogens with zero attached hydrogens (tertiary/aromatic N) is 1. The van der Waals surface area contributed by atoms with Gasteiger partial charge in [0.05, 0.1) is 12.3 Å². The fourth-order valence-electron chi connectivity index (χ4n) is 3.49. The standard InChI is InChI=1S/C16H23N3O3/c20-12-1-2-14(18-9-12)16(22)19-15(11-7-13(21)8-11)10-3-5-17-6-4-10/h1-2,9-11,13,15,17,20-21H,3-8H2,(H,19,22)/t11?,13?,15-/m0/s1. The van der Waals surface area contributed by atoms with Crippen LogP contribution in [-0.2, 0) is 0 Å². The number of carbonyl (C=O) groups excluding carboxylic acids is 1. The van der Waals surface area contributed by atoms with Crippen molar-refractivity contribution in [3.63, 3.8) is 0 Å². The van der Waals surface area contributed by atoms with Crippen molar-refractivity contribution in [1.82, 2.24) is 15.6 Å². The van der Waals surface area contributed by atoms with E-state index in [1.165, 1.54) is 18.3 Å². The first-order valence-corrected chi connectivity index (χ1v) is 7.98. The third-order valence-electron chi connectivity index (χ3n) is 4.83. The summed E-state index contributed by atoms with van der Waals surface area (Å²) >= 11 is 0. The quantitative estimate of drug-likeness (QED) is 0.655. The van der Waals surface area contributed by atoms with Gasteiger partial charge in [0.2, 0.25) is 0 Å². The number of pyridine rings is 1. The molecular formula is C16H23N3O3. The van der Waals surface area contributed by atoms with E-state index in [9.17, 15) is 15.0 Å². The molecule has 1 amide bonds. The minimum absolute atomic E-state index is 0.0496. The lowest BCUT2D eigenvalue weighted by Gasteiger charge is -2.43. The second-order valence-corrected chi connectivity index (χ2v) is 6.37. The fraction of sp³-hybridized carbons (Fsp3) is 0.625. The van der Waals surface area contributed by atoms with E-state index in [1.807, 2.05) is 0 Å². The maximum atomic E-state index is 12.4. The highest BCUT2D eigenvalue weighted by Crippen LogP contribution is 2.35. The number of rotatable bonds is 4. The second kappa shape index (κ2) is 6.62. The highest BCUT2D eigenvalue weighted by Gasteiger charge is 2.39. The van der Waals surface area contributed by atoms with E-state index in [2.05, 4.69) is 15.6 Å². The van der Waals surface area contributed by atoms with Crippen LogP contribution in [-0.4, -0.2) is 46.3 Å². The van der Waals surface area contributed by atoms with Crippen molar-refractivity contribution in [3.05, 3.63) is 24.0 Å². The van der Waals surface area contributed by atoms with Crippen LogP contribution in [0.15, 0.2) is 18.3 Å². The van der Waals surface area contributed by atoms with E-state index in [0.717, 1.165) is 38.8 Å². The van der Waals surface area contributed by atoms with Crippen LogP contribution in [0.4, 0.5) is 0 Å². The van der Waals surface area contributed by atoms with E-state index in [4.69, 9.17) is 0 Å². The molecule has 1 saturated carbocycles. The van der Waals surface area contributed by atoms with Crippen molar-refractivity contribution in [3.8, 4) is 5.75 Å². The Morgan fingerprint density at radius 2 is 2.00 bits per heavy atom. The maximum Gasteiger partial charge on any atom is 0.270 e. The zero-order chi connectivity index (χ0) is 15.5. The summed E-state index contributed by atoms with van der Waals surface area (Å²) in [5.74, 6) is 0.637. The SMILES string of the molecule is O=C(N[C@@H](C1CCNCC1)C1CC(O)C1)c1ccc(O)cn1. The predicted octanol–water partition coefficient (Wildman–Crippen LogP) is 0.656. The fourth-order valence-corrected chi connectivity index (χ4v) is 3.49. The molecule has 6 nitrogen and oxygen atoms in total. The summed E-state index contributed by atoms with van der Waals surface area (Å²) in [6.07, 6.45) is 4.66. The number of aliphatic hydroxyl groups excluding tert-OH is 1. The molecule has 0 bridgehead atoms. The molecule has 3 rings (SSSR count). The largest absolute Gasteiger partial charge is 0.506 e. The highest BCUT2D eigenvalue weighted by atomic mass is 16.3. The van der Waals surface area contributed by atoms with Gasteiger partial charge in [-0.3, -0.25) is 4.79 Å². The monoisotopic (exact) mass is 305 g/mol. The number of nitrogens with one attached hydrogen (secondary N) is 2. The molecule has 4 N–H and O–H groups in total. The number of hydrogen-bond donors (Lipinski definition) is 4. The van der Waals surface area contributed by atoms with Crippen molar-refractivity contribution in [2.75, 3.05) is 13.1 Å². The van der Waals surface area contributed by atoms with Gasteiger partial charge in [0, 0.05) is 6.04 Å². The lowest BCUT2D eigenvalue weighted by atomic mass is 9.71. The van der Waals surface area contributed by atoms with Gasteiger partial charge < -0.3 is 20.8 Å². The van der Waals surface area contributed by atoms with Crippen molar-refractivity contribution < 1.29 is 15.0 Å². The number of aromatic nitrogens is 1. The summed E-state index contributed by atoms with van der Waals surface area (Å²) < 4.78 is 0. The Morgan fingerprint density at radius 3 is 2.59 bits per heavy atom. The lowest BCUT2D eigenvalue weighted by molar-refractivity contribution is 0.00913. The molecule has 0 unspecified atom stereocenters. The molecule has 2 fully saturated rings. The molecule has 1 aliphatic carbocycles. The lowest BCUT2D eigenvalue weighted by Crippen LogP contribution is -2.53. The van der Waals surface area contributed by atoms with Crippen LogP contribution in [0.25, 0.3) is 0 Å². The molecule has 1 aliphatic heterocycles. The first kappa shape index (κ1) is 15.2. The molecule has 1 saturated heterocycles. The topological polar surface area (TPSA) is 94.5 Å². The molecule has 120 valence electrons. The van der Waals surface area contributed by atoms with Gasteiger partial charge in [-0.2, -0.15) is 0 Å². The smallest absolute Gasteiger partial charge is 0.270 e. The van der Waals surface area contributed by atoms with Gasteiger partial charge in [0.1, 0.15) is 11.4 Å². The zero-order valence-corrected chi connectivity index (χ0v) is 12.5. The van der Waals surface area contributed by atoms with E-state index >= 15 is 0 Å². The van der Waals surface area contributed by atoms with Crippen LogP contribution in [0.2, 0.25) is 0 Å². The summed E-state index contributed by atoms with van der Waals surface area (Å²) in [5, 5.41) is 25.3. The Hall–Kier alpha value is -1.66. The van der Waals surface area contributed by atoms with Gasteiger partial charge in [-0.1, -0.05) is 0 Å². The van der Waals surface area contributed by atoms with Crippen LogP contribution < -0.4 is 10.6 Å². The summed E-state index contributed by atoms with van der Waals surface area (Å²) in [7, 11) is 0. The number of piperidine rings is 1. The molecule has 1 atom stereocenters. The first-order valence-electron chi connectivity index (χ1n) is 7.98. The number of carbonyl (C=O) groups is 1. The number of hydrogen-bond acceptors (Lipinski definition) is 5. The van der Waals surface area contributed by atoms with Gasteiger partial charge in [-0.25, -0.2) is 4.98 Å². The molecule has 2 aliphatic rings. The minimum Gasteiger partial charge on any atom is -0.506 e. The van der Waals surface area contributed by atoms with Crippen LogP contribution in [0.3, 0.4) is 0 Å². The van der Waals surface area contributed by atoms with Crippen LogP contribution in [0.5, 0.6) is 5.75 Å². The molecule has 1 aromatic rings. The maximum absolute atomic E-state index is 12.4. The van der Waals surface area contributed by atoms with Crippen molar-refractivity contribution >= 4 is 5.91 Å². The number of aromatic hydroxyl groups is 1. The van der Waals surface area contributed by atoms with Gasteiger partial charge in [0.15, 0.2) is 0 Å². The van der Waals surface area contributed by atoms with Crippen LogP contribution >= 0.6 is 0 Å². The van der Waals surface area contributed by atoms with E-state index in [-0.39, 0.29) is 23.8 Å². The Bertz CT molecular complexity index is 508. The molecule has 0 radical (unpaired) electrons. The second-order valence-electron chi connectivity index (χ2n) is 6.37. The number of aliphatic hydroxyl groups is 1. The molecule has 1 aromatic heterocycles. The van der Waals surface area contributed by atoms with Gasteiger partial charge in [-0.15, -0.1) is 0 Å². The molecule has 22 heavy (non-hydrogen) atoms. The predicted molar refractivity (Wildman–Crippen MR) is 81.5 cm³/mol. The first-order chi connectivity index (χ1) is 10.6. The Morgan fingerprint density at radius 1 is 1.27 bits per heavy atom. The molecule has 6 heteroatoms. The summed E-state index contributed by atoms with van der Waals surface area (Å²) in [5.41, 5.74) is 0.316. The molecule has 2 heterocycles. The third-order valence-corrected chi connectivity index (χ3v) is 4.83. The molecular weight excluding hydrogens is 282 g/mol. The van der Waals surface area contributed by atoms with Gasteiger partial charge in [-0.05, 0) is 62.7 Å². The molecule has 0 aromatic carbocycles. The Balaban J connectivity index is 1.68. The van der Waals surface area contributed by atoms with Crippen molar-refractivity contribution in [2.45, 2.75) is 37.8 Å². The van der Waals surface area contributed by atoms with Crippen LogP contribution in [0.1, 0.15) is 36.2 Å². The summed E-state index contributed by atoms with van der Waals surface area (Å²) in [6.45, 7) is 1.95. The van der Waals surface area contributed by atoms with E-state index in [1.54, 1.807) is 0 Å². The van der Waals surface area contributed by atoms with E-state index < -0.39 is 0 Å². The third kappa shape index (κ3) is 3.39. The normalized spacial score (nSPS) is 27.0. The zero-order valence-electron chi connectivity index (χ0n) is 12.5. The summed E-state index contributed by atoms with van der Waals surface area (Å²) in [6, 6.07) is 3.09. The summed E-state index contributed by atoms with van der Waals surface area (Å²) in [4.78, 5) is 16.4. The molecule has 0 spiro atoms. The average Bonchev–Trinajstić information content (AvgIpc) is 2.51.